The van der Waals surface area contributed by atoms with Crippen molar-refractivity contribution in [2.24, 2.45) is 53.1 Å². The molecule has 0 radical (unpaired) electrons. The van der Waals surface area contributed by atoms with Crippen LogP contribution in [0.3, 0.4) is 0 Å². The van der Waals surface area contributed by atoms with Gasteiger partial charge in [0.25, 0.3) is 0 Å². The number of hydrogen-bond acceptors (Lipinski definition) is 14. The van der Waals surface area contributed by atoms with Gasteiger partial charge in [0.05, 0.1) is 34.5 Å². The Morgan fingerprint density at radius 2 is 0.851 bits per heavy atom. The summed E-state index contributed by atoms with van der Waals surface area (Å²) in [6.07, 6.45) is 6.32. The maximum absolute atomic E-state index is 13.5. The average Bonchev–Trinajstić information content (AvgIpc) is 1.84. The Labute approximate surface area is 508 Å². The zero-order chi connectivity index (χ0) is 62.8. The van der Waals surface area contributed by atoms with Gasteiger partial charge in [0.2, 0.25) is 0 Å². The first kappa shape index (κ1) is 65.4. The molecule has 6 atom stereocenters. The van der Waals surface area contributed by atoms with Gasteiger partial charge in [0.15, 0.2) is 0 Å². The summed E-state index contributed by atoms with van der Waals surface area (Å²) in [4.78, 5) is 52.3. The van der Waals surface area contributed by atoms with Crippen LogP contribution < -0.4 is 20.9 Å². The van der Waals surface area contributed by atoms with E-state index in [4.69, 9.17) is 15.2 Å². The minimum atomic E-state index is -4.50. The second kappa shape index (κ2) is 26.6. The lowest BCUT2D eigenvalue weighted by molar-refractivity contribution is -0.157. The normalized spacial score (nSPS) is 23.0. The molecule has 472 valence electrons. The summed E-state index contributed by atoms with van der Waals surface area (Å²) >= 11 is 3.13. The lowest BCUT2D eigenvalue weighted by Crippen LogP contribution is -2.47. The van der Waals surface area contributed by atoms with E-state index in [2.05, 4.69) is 61.0 Å². The van der Waals surface area contributed by atoms with Crippen LogP contribution in [0.2, 0.25) is 0 Å². The minimum absolute atomic E-state index is 0.0402. The Morgan fingerprint density at radius 1 is 0.483 bits per heavy atom. The number of benzene rings is 3. The number of fused-ring (bicyclic) bond motifs is 3. The van der Waals surface area contributed by atoms with Gasteiger partial charge in [-0.15, -0.1) is 0 Å². The molecule has 3 saturated heterocycles. The third kappa shape index (κ3) is 17.9. The second-order valence-electron chi connectivity index (χ2n) is 26.2. The van der Waals surface area contributed by atoms with Crippen molar-refractivity contribution in [2.75, 3.05) is 49.1 Å². The van der Waals surface area contributed by atoms with Crippen LogP contribution >= 0.6 is 15.9 Å². The zero-order valence-electron chi connectivity index (χ0n) is 49.7. The molecule has 12 rings (SSSR count). The highest BCUT2D eigenvalue weighted by atomic mass is 79.9. The maximum atomic E-state index is 13.5. The van der Waals surface area contributed by atoms with Gasteiger partial charge in [-0.1, -0.05) is 0 Å². The predicted octanol–water partition coefficient (Wildman–Crippen LogP) is 14.2. The number of esters is 2. The quantitative estimate of drug-likeness (QED) is 0.103. The van der Waals surface area contributed by atoms with E-state index < -0.39 is 40.8 Å². The van der Waals surface area contributed by atoms with Crippen LogP contribution in [0.15, 0.2) is 78.1 Å². The molecule has 3 aromatic carbocycles. The fourth-order valence-corrected chi connectivity index (χ4v) is 12.9. The first-order valence-electron chi connectivity index (χ1n) is 29.9. The van der Waals surface area contributed by atoms with E-state index in [1.807, 2.05) is 41.5 Å². The highest BCUT2D eigenvalue weighted by Gasteiger charge is 2.42. The van der Waals surface area contributed by atoms with E-state index in [1.165, 1.54) is 100 Å². The monoisotopic (exact) mass is 1290 g/mol. The largest absolute Gasteiger partial charge is 0.460 e. The third-order valence-corrected chi connectivity index (χ3v) is 17.2. The van der Waals surface area contributed by atoms with Gasteiger partial charge in [-0.3, -0.25) is 39.5 Å². The second-order valence-corrected chi connectivity index (χ2v) is 27.0. The van der Waals surface area contributed by atoms with E-state index in [-0.39, 0.29) is 57.1 Å². The number of nitrogens with two attached hydrogens (primary N) is 1. The molecular weight excluding hydrogens is 1210 g/mol. The maximum Gasteiger partial charge on any atom is 0.418 e. The van der Waals surface area contributed by atoms with Crippen molar-refractivity contribution in [2.45, 2.75) is 148 Å². The molecule has 3 aliphatic carbocycles. The third-order valence-electron chi connectivity index (χ3n) is 16.6. The Hall–Kier alpha value is -6.01. The SMILES string of the molecule is CC(C)(C)OC(=O)CC1CC(C2CC2)CN(c2ccc(C(F)(F)F)c3nccnc23)C1.CC(C)(C)OC(=O)CC1CNCC(C2CC2)C1.FC(F)(F)c1ccc(Br)c2nccnc12.NC1CC(C2CC2)CN(c2ccc(C(F)(F)F)c3nccnc23)C1. The summed E-state index contributed by atoms with van der Waals surface area (Å²) in [7, 11) is 0. The van der Waals surface area contributed by atoms with Gasteiger partial charge in [-0.25, -0.2) is 0 Å². The van der Waals surface area contributed by atoms with Crippen molar-refractivity contribution in [3.8, 4) is 0 Å². The number of nitrogens with one attached hydrogen (secondary N) is 1. The smallest absolute Gasteiger partial charge is 0.418 e. The minimum Gasteiger partial charge on any atom is -0.460 e. The van der Waals surface area contributed by atoms with Crippen LogP contribution in [0.4, 0.5) is 50.9 Å². The molecule has 3 saturated carbocycles. The van der Waals surface area contributed by atoms with Gasteiger partial charge in [0.1, 0.15) is 44.3 Å². The van der Waals surface area contributed by atoms with Crippen molar-refractivity contribution < 1.29 is 58.6 Å². The lowest BCUT2D eigenvalue weighted by Gasteiger charge is -2.39. The highest BCUT2D eigenvalue weighted by molar-refractivity contribution is 9.10. The molecule has 3 N–H and O–H groups in total. The molecule has 24 heteroatoms. The number of carbonyl (C=O) groups excluding carboxylic acids is 2. The zero-order valence-corrected chi connectivity index (χ0v) is 51.3. The molecular formula is C63H76BrF9N10O4. The summed E-state index contributed by atoms with van der Waals surface area (Å²) in [5.41, 5.74) is 4.78. The average molecular weight is 1290 g/mol. The summed E-state index contributed by atoms with van der Waals surface area (Å²) in [5.74, 6) is 4.29. The topological polar surface area (TPSA) is 174 Å². The first-order chi connectivity index (χ1) is 40.9. The molecule has 6 heterocycles. The standard InChI is InChI=1S/C23H28F3N3O2.C17H19F3N4.C14H25NO2.C9H4BrF3N2/c1-22(2,3)31-19(30)11-14-10-16(15-4-5-15)13-29(12-14)18-7-6-17(23(24,25)26)20-21(18)28-9-8-27-20;18-17(19,20)13-3-4-14(16-15(13)22-5-6-23-16)24-8-11(10-1-2-10)7-12(21)9-24;1-14(2,3)17-13(16)7-10-6-12(9-15-8-10)11-4-5-11;10-6-2-1-5(9(11,12)13)7-8(6)15-4-3-14-7/h6-9,14-16H,4-5,10-13H2,1-3H3;3-6,10-12H,1-2,7-9,21H2;10-12,15H,4-9H2,1-3H3;1-4H. The molecule has 0 spiro atoms. The van der Waals surface area contributed by atoms with Gasteiger partial charge in [-0.2, -0.15) is 39.5 Å². The van der Waals surface area contributed by atoms with Crippen LogP contribution in [0.1, 0.15) is 129 Å². The summed E-state index contributed by atoms with van der Waals surface area (Å²) < 4.78 is 129. The molecule has 0 bridgehead atoms. The number of carbonyl (C=O) groups is 2. The molecule has 6 fully saturated rings. The van der Waals surface area contributed by atoms with Crippen LogP contribution in [0, 0.1) is 47.3 Å². The van der Waals surface area contributed by atoms with Crippen LogP contribution in [-0.4, -0.2) is 98.4 Å². The number of piperidine rings is 3. The van der Waals surface area contributed by atoms with Crippen molar-refractivity contribution in [3.05, 3.63) is 94.7 Å². The number of rotatable bonds is 9. The van der Waals surface area contributed by atoms with Gasteiger partial charge < -0.3 is 30.3 Å². The van der Waals surface area contributed by atoms with E-state index in [0.29, 0.717) is 76.9 Å². The van der Waals surface area contributed by atoms with Crippen LogP contribution in [-0.2, 0) is 37.6 Å². The molecule has 6 aromatic rings. The molecule has 6 unspecified atom stereocenters. The van der Waals surface area contributed by atoms with E-state index >= 15 is 0 Å². The number of nitrogens with zero attached hydrogens (tertiary/aromatic N) is 8. The number of hydrogen-bond donors (Lipinski definition) is 2. The lowest BCUT2D eigenvalue weighted by atomic mass is 9.84. The van der Waals surface area contributed by atoms with Gasteiger partial charge in [-0.05, 0) is 212 Å². The molecule has 14 nitrogen and oxygen atoms in total. The number of halogens is 10. The number of ether oxygens (including phenoxy) is 2. The molecule has 3 aromatic heterocycles. The summed E-state index contributed by atoms with van der Waals surface area (Å²) in [5, 5.41) is 3.47. The molecule has 6 aliphatic rings. The Kier molecular flexibility index (Phi) is 20.0. The Morgan fingerprint density at radius 3 is 1.29 bits per heavy atom. The van der Waals surface area contributed by atoms with E-state index in [9.17, 15) is 49.1 Å². The van der Waals surface area contributed by atoms with Crippen molar-refractivity contribution in [1.82, 2.24) is 35.2 Å². The van der Waals surface area contributed by atoms with Gasteiger partial charge in [0, 0.05) is 80.3 Å². The fourth-order valence-electron chi connectivity index (χ4n) is 12.5. The van der Waals surface area contributed by atoms with Crippen molar-refractivity contribution in [3.63, 3.8) is 0 Å². The van der Waals surface area contributed by atoms with Crippen molar-refractivity contribution in [1.29, 1.82) is 0 Å². The van der Waals surface area contributed by atoms with Gasteiger partial charge >= 0.3 is 30.5 Å². The number of anilines is 2. The Balaban J connectivity index is 0.000000144. The van der Waals surface area contributed by atoms with E-state index in [1.54, 1.807) is 0 Å². The predicted molar refractivity (Wildman–Crippen MR) is 317 cm³/mol. The van der Waals surface area contributed by atoms with Crippen molar-refractivity contribution >= 4 is 72.3 Å². The Bertz CT molecular complexity index is 3360. The van der Waals surface area contributed by atoms with Crippen LogP contribution in [0.25, 0.3) is 33.1 Å². The molecule has 0 amide bonds. The molecule has 87 heavy (non-hydrogen) atoms. The molecule has 3 aliphatic heterocycles. The first-order valence-corrected chi connectivity index (χ1v) is 30.7. The number of alkyl halides is 9. The summed E-state index contributed by atoms with van der Waals surface area (Å²) in [6.45, 7) is 16.2. The fraction of sp³-hybridized carbons (Fsp3) is 0.587. The summed E-state index contributed by atoms with van der Waals surface area (Å²) in [6, 6.07) is 7.56. The number of aromatic nitrogens is 6. The highest BCUT2D eigenvalue weighted by Crippen LogP contribution is 2.47. The van der Waals surface area contributed by atoms with Crippen LogP contribution in [0.5, 0.6) is 0 Å². The van der Waals surface area contributed by atoms with E-state index in [0.717, 1.165) is 69.1 Å².